The van der Waals surface area contributed by atoms with Gasteiger partial charge in [0.05, 0.1) is 7.11 Å². The Morgan fingerprint density at radius 1 is 1.50 bits per heavy atom. The highest BCUT2D eigenvalue weighted by Crippen LogP contribution is 2.11. The topological polar surface area (TPSA) is 37.4 Å². The minimum atomic E-state index is 0.684. The maximum Gasteiger partial charge on any atom is 0.212 e. The smallest absolute Gasteiger partial charge is 0.212 e. The number of methoxy groups -OCH3 is 1. The molecule has 0 aromatic carbocycles. The highest BCUT2D eigenvalue weighted by atomic mass is 16.5. The Kier molecular flexibility index (Phi) is 4.96. The van der Waals surface area contributed by atoms with E-state index in [4.69, 9.17) is 4.74 Å². The molecule has 18 heavy (non-hydrogen) atoms. The highest BCUT2D eigenvalue weighted by Gasteiger charge is 2.13. The van der Waals surface area contributed by atoms with Crippen LogP contribution >= 0.6 is 0 Å². The summed E-state index contributed by atoms with van der Waals surface area (Å²) in [6, 6.07) is 4.04. The molecule has 100 valence electrons. The average molecular weight is 249 g/mol. The third-order valence-corrected chi connectivity index (χ3v) is 3.30. The van der Waals surface area contributed by atoms with Crippen LogP contribution in [0.25, 0.3) is 0 Å². The van der Waals surface area contributed by atoms with E-state index in [1.165, 1.54) is 12.0 Å². The van der Waals surface area contributed by atoms with Gasteiger partial charge in [0.1, 0.15) is 0 Å². The van der Waals surface area contributed by atoms with E-state index < -0.39 is 0 Å². The lowest BCUT2D eigenvalue weighted by Gasteiger charge is -2.28. The summed E-state index contributed by atoms with van der Waals surface area (Å²) in [7, 11) is 1.65. The zero-order valence-corrected chi connectivity index (χ0v) is 11.4. The van der Waals surface area contributed by atoms with E-state index in [2.05, 4.69) is 28.2 Å². The second kappa shape index (κ2) is 6.71. The van der Waals surface area contributed by atoms with Crippen molar-refractivity contribution in [3.8, 4) is 5.88 Å². The van der Waals surface area contributed by atoms with Crippen LogP contribution in [0.1, 0.15) is 18.9 Å². The Hall–Kier alpha value is -1.13. The lowest BCUT2D eigenvalue weighted by Crippen LogP contribution is -2.38. The van der Waals surface area contributed by atoms with Crippen molar-refractivity contribution in [2.75, 3.05) is 33.3 Å². The Morgan fingerprint density at radius 2 is 2.39 bits per heavy atom. The molecule has 0 saturated carbocycles. The van der Waals surface area contributed by atoms with Gasteiger partial charge in [0.15, 0.2) is 0 Å². The molecule has 1 N–H and O–H groups in total. The van der Waals surface area contributed by atoms with Gasteiger partial charge in [-0.25, -0.2) is 4.98 Å². The molecule has 1 aromatic rings. The molecular weight excluding hydrogens is 226 g/mol. The Morgan fingerprint density at radius 3 is 3.11 bits per heavy atom. The standard InChI is InChI=1S/C14H23N3O/c1-12-8-15-6-3-7-17(10-12)11-13-4-5-14(18-2)16-9-13/h4-5,9,12,15H,3,6-8,10-11H2,1-2H3. The molecule has 2 rings (SSSR count). The minimum Gasteiger partial charge on any atom is -0.481 e. The van der Waals surface area contributed by atoms with Crippen LogP contribution in [0.3, 0.4) is 0 Å². The van der Waals surface area contributed by atoms with E-state index in [1.807, 2.05) is 12.3 Å². The molecule has 1 unspecified atom stereocenters. The van der Waals surface area contributed by atoms with Gasteiger partial charge < -0.3 is 10.1 Å². The highest BCUT2D eigenvalue weighted by molar-refractivity contribution is 5.17. The summed E-state index contributed by atoms with van der Waals surface area (Å²) >= 11 is 0. The predicted octanol–water partition coefficient (Wildman–Crippen LogP) is 1.52. The van der Waals surface area contributed by atoms with Crippen molar-refractivity contribution < 1.29 is 4.74 Å². The van der Waals surface area contributed by atoms with Crippen LogP contribution in [0.2, 0.25) is 0 Å². The number of rotatable bonds is 3. The third-order valence-electron chi connectivity index (χ3n) is 3.30. The second-order valence-corrected chi connectivity index (χ2v) is 5.11. The molecule has 4 heteroatoms. The van der Waals surface area contributed by atoms with Crippen LogP contribution in [-0.4, -0.2) is 43.2 Å². The monoisotopic (exact) mass is 249 g/mol. The van der Waals surface area contributed by atoms with E-state index in [1.54, 1.807) is 7.11 Å². The Bertz CT molecular complexity index is 353. The number of nitrogens with one attached hydrogen (secondary N) is 1. The fourth-order valence-electron chi connectivity index (χ4n) is 2.40. The first-order valence-electron chi connectivity index (χ1n) is 6.70. The number of pyridine rings is 1. The molecule has 1 aliphatic heterocycles. The zero-order valence-electron chi connectivity index (χ0n) is 11.4. The van der Waals surface area contributed by atoms with Crippen LogP contribution < -0.4 is 10.1 Å². The molecule has 2 heterocycles. The quantitative estimate of drug-likeness (QED) is 0.881. The van der Waals surface area contributed by atoms with Gasteiger partial charge in [-0.05, 0) is 37.5 Å². The molecule has 0 aliphatic carbocycles. The Labute approximate surface area is 109 Å². The van der Waals surface area contributed by atoms with Crippen molar-refractivity contribution in [1.82, 2.24) is 15.2 Å². The van der Waals surface area contributed by atoms with Gasteiger partial charge >= 0.3 is 0 Å². The number of nitrogens with zero attached hydrogens (tertiary/aromatic N) is 2. The summed E-state index contributed by atoms with van der Waals surface area (Å²) in [5.74, 6) is 1.39. The summed E-state index contributed by atoms with van der Waals surface area (Å²) in [5.41, 5.74) is 1.26. The zero-order chi connectivity index (χ0) is 12.8. The molecule has 1 atom stereocenters. The fraction of sp³-hybridized carbons (Fsp3) is 0.643. The van der Waals surface area contributed by atoms with Crippen molar-refractivity contribution in [1.29, 1.82) is 0 Å². The SMILES string of the molecule is COc1ccc(CN2CCCNCC(C)C2)cn1. The normalized spacial score (nSPS) is 22.2. The van der Waals surface area contributed by atoms with Gasteiger partial charge in [-0.3, -0.25) is 4.90 Å². The van der Waals surface area contributed by atoms with Crippen LogP contribution in [0.4, 0.5) is 0 Å². The number of hydrogen-bond acceptors (Lipinski definition) is 4. The lowest BCUT2D eigenvalue weighted by atomic mass is 10.1. The van der Waals surface area contributed by atoms with Crippen molar-refractivity contribution in [2.24, 2.45) is 5.92 Å². The molecule has 1 saturated heterocycles. The largest absolute Gasteiger partial charge is 0.481 e. The Balaban J connectivity index is 1.93. The van der Waals surface area contributed by atoms with Crippen molar-refractivity contribution in [3.05, 3.63) is 23.9 Å². The van der Waals surface area contributed by atoms with Gasteiger partial charge in [-0.2, -0.15) is 0 Å². The lowest BCUT2D eigenvalue weighted by molar-refractivity contribution is 0.209. The molecule has 0 amide bonds. The van der Waals surface area contributed by atoms with E-state index in [9.17, 15) is 0 Å². The van der Waals surface area contributed by atoms with E-state index in [0.29, 0.717) is 11.8 Å². The molecule has 4 nitrogen and oxygen atoms in total. The van der Waals surface area contributed by atoms with Crippen LogP contribution in [-0.2, 0) is 6.54 Å². The second-order valence-electron chi connectivity index (χ2n) is 5.11. The predicted molar refractivity (Wildman–Crippen MR) is 72.7 cm³/mol. The first kappa shape index (κ1) is 13.3. The minimum absolute atomic E-state index is 0.684. The molecule has 1 aliphatic rings. The third kappa shape index (κ3) is 3.96. The number of aromatic nitrogens is 1. The first-order valence-corrected chi connectivity index (χ1v) is 6.70. The van der Waals surface area contributed by atoms with Crippen molar-refractivity contribution >= 4 is 0 Å². The van der Waals surface area contributed by atoms with Crippen LogP contribution in [0, 0.1) is 5.92 Å². The molecule has 0 bridgehead atoms. The molecule has 1 aromatic heterocycles. The molecule has 1 fully saturated rings. The average Bonchev–Trinajstić information content (AvgIpc) is 2.36. The first-order chi connectivity index (χ1) is 8.78. The van der Waals surface area contributed by atoms with Gasteiger partial charge in [0.25, 0.3) is 0 Å². The summed E-state index contributed by atoms with van der Waals surface area (Å²) < 4.78 is 5.08. The van der Waals surface area contributed by atoms with Crippen LogP contribution in [0.15, 0.2) is 18.3 Å². The van der Waals surface area contributed by atoms with Gasteiger partial charge in [-0.15, -0.1) is 0 Å². The molecule has 0 spiro atoms. The van der Waals surface area contributed by atoms with Crippen molar-refractivity contribution in [2.45, 2.75) is 19.9 Å². The van der Waals surface area contributed by atoms with Crippen molar-refractivity contribution in [3.63, 3.8) is 0 Å². The number of hydrogen-bond donors (Lipinski definition) is 1. The van der Waals surface area contributed by atoms with Crippen LogP contribution in [0.5, 0.6) is 5.88 Å². The fourth-order valence-corrected chi connectivity index (χ4v) is 2.40. The van der Waals surface area contributed by atoms with E-state index in [-0.39, 0.29) is 0 Å². The van der Waals surface area contributed by atoms with E-state index >= 15 is 0 Å². The van der Waals surface area contributed by atoms with Gasteiger partial charge in [0.2, 0.25) is 5.88 Å². The maximum absolute atomic E-state index is 5.08. The summed E-state index contributed by atoms with van der Waals surface area (Å²) in [6.45, 7) is 7.85. The molecular formula is C14H23N3O. The summed E-state index contributed by atoms with van der Waals surface area (Å²) in [5, 5.41) is 3.48. The summed E-state index contributed by atoms with van der Waals surface area (Å²) in [4.78, 5) is 6.79. The number of ether oxygens (including phenoxy) is 1. The maximum atomic E-state index is 5.08. The van der Waals surface area contributed by atoms with E-state index in [0.717, 1.165) is 32.7 Å². The summed E-state index contributed by atoms with van der Waals surface area (Å²) in [6.07, 6.45) is 3.14. The van der Waals surface area contributed by atoms with Gasteiger partial charge in [-0.1, -0.05) is 13.0 Å². The van der Waals surface area contributed by atoms with Gasteiger partial charge in [0, 0.05) is 25.4 Å². The molecule has 0 radical (unpaired) electrons.